The first-order valence-electron chi connectivity index (χ1n) is 7.54. The van der Waals surface area contributed by atoms with E-state index in [2.05, 4.69) is 61.3 Å². The van der Waals surface area contributed by atoms with Gasteiger partial charge in [-0.05, 0) is 55.5 Å². The largest absolute Gasteiger partial charge is 0.345 e. The maximum atomic E-state index is 6.12. The molecule has 23 heavy (non-hydrogen) atoms. The molecule has 3 aromatic carbocycles. The molecule has 0 aliphatic heterocycles. The van der Waals surface area contributed by atoms with Gasteiger partial charge in [-0.25, -0.2) is 0 Å². The zero-order chi connectivity index (χ0) is 16.0. The third-order valence-electron chi connectivity index (χ3n) is 4.19. The highest BCUT2D eigenvalue weighted by Crippen LogP contribution is 2.37. The van der Waals surface area contributed by atoms with Gasteiger partial charge >= 0.3 is 0 Å². The van der Waals surface area contributed by atoms with Crippen LogP contribution in [0.1, 0.15) is 5.56 Å². The number of aryl methyl sites for hydroxylation is 1. The molecule has 0 spiro atoms. The molecule has 1 heterocycles. The molecule has 0 bridgehead atoms. The maximum Gasteiger partial charge on any atom is 0.0426 e. The van der Waals surface area contributed by atoms with Gasteiger partial charge in [-0.15, -0.1) is 11.3 Å². The van der Waals surface area contributed by atoms with E-state index < -0.39 is 0 Å². The summed E-state index contributed by atoms with van der Waals surface area (Å²) in [6.45, 7) is 2.14. The molecule has 4 aromatic rings. The molecule has 0 saturated carbocycles. The van der Waals surface area contributed by atoms with E-state index >= 15 is 0 Å². The summed E-state index contributed by atoms with van der Waals surface area (Å²) in [5, 5.41) is 3.42. The van der Waals surface area contributed by atoms with Crippen molar-refractivity contribution in [2.45, 2.75) is 6.92 Å². The van der Waals surface area contributed by atoms with Gasteiger partial charge in [-0.3, -0.25) is 0 Å². The summed E-state index contributed by atoms with van der Waals surface area (Å²) in [6.07, 6.45) is 0. The summed E-state index contributed by atoms with van der Waals surface area (Å²) in [5.74, 6) is 0. The average molecular weight is 338 g/mol. The minimum Gasteiger partial charge on any atom is -0.345 e. The highest BCUT2D eigenvalue weighted by molar-refractivity contribution is 7.25. The Morgan fingerprint density at radius 3 is 2.30 bits per heavy atom. The summed E-state index contributed by atoms with van der Waals surface area (Å²) in [6, 6.07) is 21.3. The van der Waals surface area contributed by atoms with Crippen molar-refractivity contribution in [1.29, 1.82) is 0 Å². The summed E-state index contributed by atoms with van der Waals surface area (Å²) < 4.78 is 2.67. The zero-order valence-electron chi connectivity index (χ0n) is 13.0. The lowest BCUT2D eigenvalue weighted by atomic mass is 10.1. The number of anilines is 2. The van der Waals surface area contributed by atoms with Crippen LogP contribution in [0.5, 0.6) is 0 Å². The van der Waals surface area contributed by atoms with Crippen molar-refractivity contribution < 1.29 is 0 Å². The molecular weight excluding hydrogens is 322 g/mol. The van der Waals surface area contributed by atoms with E-state index in [1.165, 1.54) is 31.4 Å². The number of fused-ring (bicyclic) bond motifs is 3. The number of hydrogen-bond acceptors (Lipinski definition) is 2. The van der Waals surface area contributed by atoms with E-state index in [-0.39, 0.29) is 0 Å². The maximum absolute atomic E-state index is 6.12. The standard InChI is InChI=1S/C20H16ClNS/c1-13-6-8-19-17(10-13)18-12-16(7-9-20(18)23-19)22(2)15-5-3-4-14(21)11-15/h3-12H,1-2H3. The summed E-state index contributed by atoms with van der Waals surface area (Å²) in [5.41, 5.74) is 3.55. The smallest absolute Gasteiger partial charge is 0.0426 e. The predicted molar refractivity (Wildman–Crippen MR) is 104 cm³/mol. The summed E-state index contributed by atoms with van der Waals surface area (Å²) >= 11 is 7.97. The molecule has 0 aliphatic carbocycles. The molecule has 0 atom stereocenters. The molecule has 0 fully saturated rings. The number of nitrogens with zero attached hydrogens (tertiary/aromatic N) is 1. The van der Waals surface area contributed by atoms with Crippen LogP contribution in [0.3, 0.4) is 0 Å². The second kappa shape index (κ2) is 5.55. The van der Waals surface area contributed by atoms with E-state index in [9.17, 15) is 0 Å². The van der Waals surface area contributed by atoms with Gasteiger partial charge in [0.15, 0.2) is 0 Å². The molecular formula is C20H16ClNS. The lowest BCUT2D eigenvalue weighted by molar-refractivity contribution is 1.21. The van der Waals surface area contributed by atoms with Crippen LogP contribution in [-0.2, 0) is 0 Å². The van der Waals surface area contributed by atoms with Crippen molar-refractivity contribution >= 4 is 54.5 Å². The van der Waals surface area contributed by atoms with E-state index in [4.69, 9.17) is 11.6 Å². The number of hydrogen-bond donors (Lipinski definition) is 0. The van der Waals surface area contributed by atoms with E-state index in [0.29, 0.717) is 0 Å². The fourth-order valence-corrected chi connectivity index (χ4v) is 4.17. The first kappa shape index (κ1) is 14.6. The van der Waals surface area contributed by atoms with Crippen LogP contribution in [0, 0.1) is 6.92 Å². The normalized spacial score (nSPS) is 11.3. The van der Waals surface area contributed by atoms with Gasteiger partial charge in [-0.1, -0.05) is 29.3 Å². The fourth-order valence-electron chi connectivity index (χ4n) is 2.92. The molecule has 0 aliphatic rings. The fraction of sp³-hybridized carbons (Fsp3) is 0.100. The van der Waals surface area contributed by atoms with Crippen molar-refractivity contribution in [1.82, 2.24) is 0 Å². The van der Waals surface area contributed by atoms with Crippen molar-refractivity contribution in [3.05, 3.63) is 71.2 Å². The Morgan fingerprint density at radius 1 is 0.826 bits per heavy atom. The predicted octanol–water partition coefficient (Wildman–Crippen LogP) is 6.78. The van der Waals surface area contributed by atoms with Gasteiger partial charge in [0, 0.05) is 43.6 Å². The lowest BCUT2D eigenvalue weighted by Crippen LogP contribution is -2.08. The van der Waals surface area contributed by atoms with Crippen LogP contribution in [0.2, 0.25) is 5.02 Å². The SMILES string of the molecule is Cc1ccc2sc3ccc(N(C)c4cccc(Cl)c4)cc3c2c1. The average Bonchev–Trinajstić information content (AvgIpc) is 2.91. The van der Waals surface area contributed by atoms with Gasteiger partial charge in [0.05, 0.1) is 0 Å². The van der Waals surface area contributed by atoms with E-state index in [1.54, 1.807) is 0 Å². The minimum absolute atomic E-state index is 0.757. The van der Waals surface area contributed by atoms with E-state index in [1.807, 2.05) is 29.5 Å². The van der Waals surface area contributed by atoms with Gasteiger partial charge in [-0.2, -0.15) is 0 Å². The molecule has 0 unspecified atom stereocenters. The van der Waals surface area contributed by atoms with Crippen LogP contribution in [0.15, 0.2) is 60.7 Å². The molecule has 0 radical (unpaired) electrons. The topological polar surface area (TPSA) is 3.24 Å². The quantitative estimate of drug-likeness (QED) is 0.389. The summed E-state index contributed by atoms with van der Waals surface area (Å²) in [4.78, 5) is 2.17. The van der Waals surface area contributed by atoms with Gasteiger partial charge in [0.1, 0.15) is 0 Å². The molecule has 0 saturated heterocycles. The molecule has 1 aromatic heterocycles. The van der Waals surface area contributed by atoms with Crippen LogP contribution in [-0.4, -0.2) is 7.05 Å². The highest BCUT2D eigenvalue weighted by Gasteiger charge is 2.09. The molecule has 4 rings (SSSR count). The molecule has 0 N–H and O–H groups in total. The first-order chi connectivity index (χ1) is 11.1. The minimum atomic E-state index is 0.757. The first-order valence-corrected chi connectivity index (χ1v) is 8.73. The van der Waals surface area contributed by atoms with Crippen molar-refractivity contribution in [2.75, 3.05) is 11.9 Å². The molecule has 3 heteroatoms. The second-order valence-corrected chi connectivity index (χ2v) is 7.34. The van der Waals surface area contributed by atoms with Gasteiger partial charge < -0.3 is 4.90 Å². The number of halogens is 1. The van der Waals surface area contributed by atoms with Crippen molar-refractivity contribution in [2.24, 2.45) is 0 Å². The van der Waals surface area contributed by atoms with Gasteiger partial charge in [0.2, 0.25) is 0 Å². The Kier molecular flexibility index (Phi) is 3.51. The Balaban J connectivity index is 1.87. The number of thiophene rings is 1. The third-order valence-corrected chi connectivity index (χ3v) is 5.58. The van der Waals surface area contributed by atoms with Crippen LogP contribution >= 0.6 is 22.9 Å². The third kappa shape index (κ3) is 2.58. The number of benzene rings is 3. The Labute approximate surface area is 144 Å². The zero-order valence-corrected chi connectivity index (χ0v) is 14.6. The summed E-state index contributed by atoms with van der Waals surface area (Å²) in [7, 11) is 2.08. The van der Waals surface area contributed by atoms with Gasteiger partial charge in [0.25, 0.3) is 0 Å². The Morgan fingerprint density at radius 2 is 1.52 bits per heavy atom. The second-order valence-electron chi connectivity index (χ2n) is 5.82. The van der Waals surface area contributed by atoms with Crippen molar-refractivity contribution in [3.63, 3.8) is 0 Å². The lowest BCUT2D eigenvalue weighted by Gasteiger charge is -2.20. The van der Waals surface area contributed by atoms with Crippen LogP contribution < -0.4 is 4.90 Å². The molecule has 1 nitrogen and oxygen atoms in total. The van der Waals surface area contributed by atoms with E-state index in [0.717, 1.165) is 10.7 Å². The number of rotatable bonds is 2. The Hall–Kier alpha value is -2.03. The molecule has 114 valence electrons. The van der Waals surface area contributed by atoms with Crippen molar-refractivity contribution in [3.8, 4) is 0 Å². The monoisotopic (exact) mass is 337 g/mol. The van der Waals surface area contributed by atoms with Crippen LogP contribution in [0.4, 0.5) is 11.4 Å². The highest BCUT2D eigenvalue weighted by atomic mass is 35.5. The van der Waals surface area contributed by atoms with Crippen LogP contribution in [0.25, 0.3) is 20.2 Å². The Bertz CT molecular complexity index is 1020. The molecule has 0 amide bonds.